The van der Waals surface area contributed by atoms with Crippen LogP contribution in [0.15, 0.2) is 34.9 Å². The number of ether oxygens (including phenoxy) is 1. The monoisotopic (exact) mass is 315 g/mol. The largest absolute Gasteiger partial charge is 0.497 e. The SMILES string of the molecule is COc1ccc([C@H]2CCCN2CC(=O)Nc2cc(C)on2)cc1. The number of hydrogen-bond acceptors (Lipinski definition) is 5. The van der Waals surface area contributed by atoms with E-state index in [1.165, 1.54) is 5.56 Å². The molecule has 6 heteroatoms. The molecule has 0 bridgehead atoms. The van der Waals surface area contributed by atoms with Gasteiger partial charge in [-0.3, -0.25) is 9.69 Å². The topological polar surface area (TPSA) is 67.6 Å². The van der Waals surface area contributed by atoms with Gasteiger partial charge in [0.25, 0.3) is 0 Å². The van der Waals surface area contributed by atoms with Gasteiger partial charge < -0.3 is 14.6 Å². The Bertz CT molecular complexity index is 666. The molecule has 6 nitrogen and oxygen atoms in total. The van der Waals surface area contributed by atoms with E-state index >= 15 is 0 Å². The van der Waals surface area contributed by atoms with E-state index in [0.29, 0.717) is 18.1 Å². The summed E-state index contributed by atoms with van der Waals surface area (Å²) < 4.78 is 10.2. The molecule has 1 amide bonds. The first-order valence-electron chi connectivity index (χ1n) is 7.77. The van der Waals surface area contributed by atoms with E-state index in [4.69, 9.17) is 9.26 Å². The number of anilines is 1. The number of rotatable bonds is 5. The van der Waals surface area contributed by atoms with Crippen LogP contribution in [0.5, 0.6) is 5.75 Å². The molecule has 1 aromatic heterocycles. The van der Waals surface area contributed by atoms with Crippen molar-refractivity contribution in [3.63, 3.8) is 0 Å². The van der Waals surface area contributed by atoms with Crippen molar-refractivity contribution in [1.82, 2.24) is 10.1 Å². The van der Waals surface area contributed by atoms with E-state index in [1.54, 1.807) is 20.1 Å². The van der Waals surface area contributed by atoms with Crippen LogP contribution in [0.4, 0.5) is 5.82 Å². The smallest absolute Gasteiger partial charge is 0.239 e. The highest BCUT2D eigenvalue weighted by molar-refractivity contribution is 5.91. The van der Waals surface area contributed by atoms with E-state index in [0.717, 1.165) is 25.1 Å². The van der Waals surface area contributed by atoms with Crippen molar-refractivity contribution in [3.8, 4) is 5.75 Å². The molecule has 0 saturated carbocycles. The fraction of sp³-hybridized carbons (Fsp3) is 0.412. The van der Waals surface area contributed by atoms with E-state index in [9.17, 15) is 4.79 Å². The number of carbonyl (C=O) groups is 1. The Kier molecular flexibility index (Phi) is 4.62. The molecule has 1 aliphatic rings. The zero-order valence-corrected chi connectivity index (χ0v) is 13.4. The van der Waals surface area contributed by atoms with Crippen LogP contribution in [0.3, 0.4) is 0 Å². The maximum atomic E-state index is 12.2. The minimum Gasteiger partial charge on any atom is -0.497 e. The highest BCUT2D eigenvalue weighted by Gasteiger charge is 2.27. The molecule has 1 N–H and O–H groups in total. The summed E-state index contributed by atoms with van der Waals surface area (Å²) in [5.41, 5.74) is 1.22. The quantitative estimate of drug-likeness (QED) is 0.919. The fourth-order valence-corrected chi connectivity index (χ4v) is 3.01. The molecule has 3 rings (SSSR count). The van der Waals surface area contributed by atoms with Crippen LogP contribution in [0.1, 0.15) is 30.2 Å². The molecule has 2 heterocycles. The number of nitrogens with zero attached hydrogens (tertiary/aromatic N) is 2. The van der Waals surface area contributed by atoms with Gasteiger partial charge in [0, 0.05) is 12.1 Å². The molecular formula is C17H21N3O3. The Labute approximate surface area is 135 Å². The van der Waals surface area contributed by atoms with Gasteiger partial charge in [-0.2, -0.15) is 0 Å². The summed E-state index contributed by atoms with van der Waals surface area (Å²) in [6.45, 7) is 3.06. The number of carbonyl (C=O) groups excluding carboxylic acids is 1. The second-order valence-electron chi connectivity index (χ2n) is 5.77. The Morgan fingerprint density at radius 3 is 2.87 bits per heavy atom. The number of likely N-dealkylation sites (tertiary alicyclic amines) is 1. The molecule has 2 aromatic rings. The predicted octanol–water partition coefficient (Wildman–Crippen LogP) is 2.77. The van der Waals surface area contributed by atoms with Gasteiger partial charge in [-0.1, -0.05) is 17.3 Å². The highest BCUT2D eigenvalue weighted by Crippen LogP contribution is 2.32. The summed E-state index contributed by atoms with van der Waals surface area (Å²) in [6, 6.07) is 10.0. The highest BCUT2D eigenvalue weighted by atomic mass is 16.5. The van der Waals surface area contributed by atoms with Crippen LogP contribution in [0.2, 0.25) is 0 Å². The lowest BCUT2D eigenvalue weighted by molar-refractivity contribution is -0.117. The van der Waals surface area contributed by atoms with Crippen molar-refractivity contribution in [3.05, 3.63) is 41.7 Å². The standard InChI is InChI=1S/C17H21N3O3/c1-12-10-16(19-23-12)18-17(21)11-20-9-3-4-15(20)13-5-7-14(22-2)8-6-13/h5-8,10,15H,3-4,9,11H2,1-2H3,(H,18,19,21)/t15-/m1/s1. The lowest BCUT2D eigenvalue weighted by atomic mass is 10.0. The number of aryl methyl sites for hydroxylation is 1. The number of hydrogen-bond donors (Lipinski definition) is 1. The predicted molar refractivity (Wildman–Crippen MR) is 86.4 cm³/mol. The molecule has 1 saturated heterocycles. The van der Waals surface area contributed by atoms with Crippen LogP contribution in [0.25, 0.3) is 0 Å². The van der Waals surface area contributed by atoms with Gasteiger partial charge in [-0.15, -0.1) is 0 Å². The maximum Gasteiger partial charge on any atom is 0.239 e. The van der Waals surface area contributed by atoms with Crippen LogP contribution in [0, 0.1) is 6.92 Å². The lowest BCUT2D eigenvalue weighted by Crippen LogP contribution is -2.33. The van der Waals surface area contributed by atoms with E-state index in [1.807, 2.05) is 12.1 Å². The first-order chi connectivity index (χ1) is 11.2. The van der Waals surface area contributed by atoms with Crippen molar-refractivity contribution in [2.45, 2.75) is 25.8 Å². The lowest BCUT2D eigenvalue weighted by Gasteiger charge is -2.24. The fourth-order valence-electron chi connectivity index (χ4n) is 3.01. The molecule has 0 aliphatic carbocycles. The summed E-state index contributed by atoms with van der Waals surface area (Å²) in [5.74, 6) is 1.92. The summed E-state index contributed by atoms with van der Waals surface area (Å²) in [7, 11) is 1.66. The van der Waals surface area contributed by atoms with Crippen LogP contribution in [-0.2, 0) is 4.79 Å². The van der Waals surface area contributed by atoms with Crippen LogP contribution < -0.4 is 10.1 Å². The zero-order valence-electron chi connectivity index (χ0n) is 13.4. The molecule has 1 atom stereocenters. The van der Waals surface area contributed by atoms with Crippen molar-refractivity contribution in [2.75, 3.05) is 25.5 Å². The number of nitrogens with one attached hydrogen (secondary N) is 1. The van der Waals surface area contributed by atoms with Crippen LogP contribution in [-0.4, -0.2) is 36.2 Å². The molecule has 1 fully saturated rings. The molecule has 0 unspecified atom stereocenters. The Hall–Kier alpha value is -2.34. The number of amides is 1. The molecular weight excluding hydrogens is 294 g/mol. The van der Waals surface area contributed by atoms with E-state index < -0.39 is 0 Å². The average Bonchev–Trinajstić information content (AvgIpc) is 3.16. The van der Waals surface area contributed by atoms with E-state index in [-0.39, 0.29) is 11.9 Å². The van der Waals surface area contributed by atoms with Gasteiger partial charge in [0.05, 0.1) is 13.7 Å². The van der Waals surface area contributed by atoms with Gasteiger partial charge in [0.15, 0.2) is 5.82 Å². The first kappa shape index (κ1) is 15.6. The Morgan fingerprint density at radius 2 is 2.22 bits per heavy atom. The minimum absolute atomic E-state index is 0.0706. The molecule has 23 heavy (non-hydrogen) atoms. The second kappa shape index (κ2) is 6.83. The zero-order chi connectivity index (χ0) is 16.2. The number of aromatic nitrogens is 1. The second-order valence-corrected chi connectivity index (χ2v) is 5.77. The number of methoxy groups -OCH3 is 1. The maximum absolute atomic E-state index is 12.2. The third-order valence-corrected chi connectivity index (χ3v) is 4.11. The summed E-state index contributed by atoms with van der Waals surface area (Å²) in [5, 5.41) is 6.56. The summed E-state index contributed by atoms with van der Waals surface area (Å²) in [6.07, 6.45) is 2.15. The third kappa shape index (κ3) is 3.71. The summed E-state index contributed by atoms with van der Waals surface area (Å²) in [4.78, 5) is 14.4. The van der Waals surface area contributed by atoms with Crippen molar-refractivity contribution < 1.29 is 14.1 Å². The van der Waals surface area contributed by atoms with Gasteiger partial charge in [-0.05, 0) is 44.0 Å². The van der Waals surface area contributed by atoms with Gasteiger partial charge in [0.2, 0.25) is 5.91 Å². The van der Waals surface area contributed by atoms with Crippen molar-refractivity contribution in [2.24, 2.45) is 0 Å². The third-order valence-electron chi connectivity index (χ3n) is 4.11. The van der Waals surface area contributed by atoms with Gasteiger partial charge in [-0.25, -0.2) is 0 Å². The molecule has 122 valence electrons. The normalized spacial score (nSPS) is 18.1. The van der Waals surface area contributed by atoms with Crippen LogP contribution >= 0.6 is 0 Å². The average molecular weight is 315 g/mol. The molecule has 1 aromatic carbocycles. The van der Waals surface area contributed by atoms with Gasteiger partial charge >= 0.3 is 0 Å². The van der Waals surface area contributed by atoms with Gasteiger partial charge in [0.1, 0.15) is 11.5 Å². The Morgan fingerprint density at radius 1 is 1.43 bits per heavy atom. The number of benzene rings is 1. The van der Waals surface area contributed by atoms with Crippen molar-refractivity contribution in [1.29, 1.82) is 0 Å². The van der Waals surface area contributed by atoms with Crippen molar-refractivity contribution >= 4 is 11.7 Å². The molecule has 1 aliphatic heterocycles. The van der Waals surface area contributed by atoms with E-state index in [2.05, 4.69) is 27.5 Å². The first-order valence-corrected chi connectivity index (χ1v) is 7.77. The minimum atomic E-state index is -0.0706. The molecule has 0 spiro atoms. The Balaban J connectivity index is 1.62. The summed E-state index contributed by atoms with van der Waals surface area (Å²) >= 11 is 0. The molecule has 0 radical (unpaired) electrons.